The van der Waals surface area contributed by atoms with Gasteiger partial charge in [-0.3, -0.25) is 9.59 Å². The number of carbonyl (C=O) groups excluding carboxylic acids is 1. The first kappa shape index (κ1) is 13.0. The van der Waals surface area contributed by atoms with Crippen LogP contribution in [0, 0.1) is 5.92 Å². The molecule has 2 rings (SSSR count). The zero-order chi connectivity index (χ0) is 13.1. The molecule has 1 fully saturated rings. The molecule has 0 radical (unpaired) electrons. The minimum absolute atomic E-state index is 0.0220. The zero-order valence-electron chi connectivity index (χ0n) is 9.87. The van der Waals surface area contributed by atoms with Crippen LogP contribution in [0.5, 0.6) is 0 Å². The molecule has 1 atom stereocenters. The monoisotopic (exact) mass is 265 g/mol. The van der Waals surface area contributed by atoms with Crippen LogP contribution in [-0.4, -0.2) is 29.3 Å². The van der Waals surface area contributed by atoms with E-state index >= 15 is 0 Å². The first-order valence-corrected chi connectivity index (χ1v) is 6.45. The van der Waals surface area contributed by atoms with Crippen LogP contribution in [0.25, 0.3) is 0 Å². The summed E-state index contributed by atoms with van der Waals surface area (Å²) in [6.45, 7) is 0.666. The Kier molecular flexibility index (Phi) is 3.91. The maximum atomic E-state index is 11.9. The summed E-state index contributed by atoms with van der Waals surface area (Å²) in [5, 5.41) is 8.76. The summed E-state index contributed by atoms with van der Waals surface area (Å²) in [6.07, 6.45) is 0.499. The van der Waals surface area contributed by atoms with E-state index in [-0.39, 0.29) is 18.2 Å². The molecule has 0 saturated carbocycles. The minimum Gasteiger partial charge on any atom is -0.481 e. The summed E-state index contributed by atoms with van der Waals surface area (Å²) in [4.78, 5) is 24.2. The van der Waals surface area contributed by atoms with Gasteiger partial charge in [0.25, 0.3) is 0 Å². The van der Waals surface area contributed by atoms with Gasteiger partial charge >= 0.3 is 5.97 Å². The van der Waals surface area contributed by atoms with Crippen molar-refractivity contribution in [3.63, 3.8) is 0 Å². The van der Waals surface area contributed by atoms with Gasteiger partial charge in [-0.25, -0.2) is 0 Å². The fourth-order valence-corrected chi connectivity index (χ4v) is 2.41. The van der Waals surface area contributed by atoms with Gasteiger partial charge in [0.1, 0.15) is 0 Å². The van der Waals surface area contributed by atoms with Crippen molar-refractivity contribution in [2.24, 2.45) is 5.92 Å². The predicted octanol–water partition coefficient (Wildman–Crippen LogP) is 1.60. The van der Waals surface area contributed by atoms with Crippen LogP contribution in [0.4, 0.5) is 5.69 Å². The van der Waals surface area contributed by atoms with Crippen molar-refractivity contribution in [3.8, 4) is 0 Å². The van der Waals surface area contributed by atoms with Gasteiger partial charge in [0, 0.05) is 18.7 Å². The molecule has 1 aliphatic rings. The average Bonchev–Trinajstić information content (AvgIpc) is 2.70. The Balaban J connectivity index is 2.18. The third-order valence-corrected chi connectivity index (χ3v) is 3.56. The number of hydrogen-bond acceptors (Lipinski definition) is 3. The lowest BCUT2D eigenvalue weighted by molar-refractivity contribution is -0.136. The van der Waals surface area contributed by atoms with Gasteiger partial charge in [-0.05, 0) is 29.4 Å². The molecule has 0 aromatic heterocycles. The van der Waals surface area contributed by atoms with Gasteiger partial charge in [0.2, 0.25) is 5.91 Å². The molecule has 1 unspecified atom stereocenters. The molecule has 1 amide bonds. The van der Waals surface area contributed by atoms with Crippen LogP contribution in [0.3, 0.4) is 0 Å². The normalized spacial score (nSPS) is 19.3. The molecule has 1 aliphatic heterocycles. The minimum atomic E-state index is -0.867. The number of hydrogen-bond donors (Lipinski definition) is 2. The number of carboxylic acids is 1. The van der Waals surface area contributed by atoms with Gasteiger partial charge in [-0.15, -0.1) is 0 Å². The Hall–Kier alpha value is -1.49. The first-order valence-electron chi connectivity index (χ1n) is 5.82. The third kappa shape index (κ3) is 2.85. The van der Waals surface area contributed by atoms with Crippen LogP contribution in [0.15, 0.2) is 24.3 Å². The van der Waals surface area contributed by atoms with E-state index in [9.17, 15) is 9.59 Å². The number of thiol groups is 1. The van der Waals surface area contributed by atoms with E-state index in [1.165, 1.54) is 0 Å². The fourth-order valence-electron chi connectivity index (χ4n) is 2.16. The molecule has 18 heavy (non-hydrogen) atoms. The van der Waals surface area contributed by atoms with Crippen LogP contribution in [0.1, 0.15) is 12.0 Å². The highest BCUT2D eigenvalue weighted by molar-refractivity contribution is 7.80. The van der Waals surface area contributed by atoms with E-state index in [4.69, 9.17) is 5.11 Å². The van der Waals surface area contributed by atoms with Crippen molar-refractivity contribution in [2.75, 3.05) is 17.2 Å². The number of nitrogens with zero attached hydrogens (tertiary/aromatic N) is 1. The Bertz CT molecular complexity index is 475. The number of amides is 1. The summed E-state index contributed by atoms with van der Waals surface area (Å²) >= 11 is 4.22. The van der Waals surface area contributed by atoms with Crippen molar-refractivity contribution in [2.45, 2.75) is 12.8 Å². The molecule has 0 spiro atoms. The summed E-state index contributed by atoms with van der Waals surface area (Å²) in [5.74, 6) is 0.190. The maximum Gasteiger partial charge on any atom is 0.307 e. The maximum absolute atomic E-state index is 11.9. The summed E-state index contributed by atoms with van der Waals surface area (Å²) in [5.41, 5.74) is 1.49. The average molecular weight is 265 g/mol. The summed E-state index contributed by atoms with van der Waals surface area (Å²) in [7, 11) is 0. The van der Waals surface area contributed by atoms with Crippen LogP contribution < -0.4 is 4.90 Å². The number of anilines is 1. The van der Waals surface area contributed by atoms with E-state index in [0.717, 1.165) is 5.69 Å². The molecule has 1 aromatic rings. The van der Waals surface area contributed by atoms with Gasteiger partial charge < -0.3 is 10.0 Å². The van der Waals surface area contributed by atoms with E-state index in [1.807, 2.05) is 6.07 Å². The Labute approximate surface area is 111 Å². The highest BCUT2D eigenvalue weighted by atomic mass is 32.1. The van der Waals surface area contributed by atoms with Crippen LogP contribution in [0.2, 0.25) is 0 Å². The van der Waals surface area contributed by atoms with Crippen molar-refractivity contribution >= 4 is 30.2 Å². The third-order valence-electron chi connectivity index (χ3n) is 3.04. The predicted molar refractivity (Wildman–Crippen MR) is 72.1 cm³/mol. The fraction of sp³-hybridized carbons (Fsp3) is 0.385. The quantitative estimate of drug-likeness (QED) is 0.813. The molecule has 1 N–H and O–H groups in total. The van der Waals surface area contributed by atoms with Gasteiger partial charge in [-0.2, -0.15) is 12.6 Å². The smallest absolute Gasteiger partial charge is 0.307 e. The molecular formula is C13H15NO3S. The second-order valence-electron chi connectivity index (χ2n) is 4.50. The van der Waals surface area contributed by atoms with Crippen molar-refractivity contribution in [3.05, 3.63) is 29.8 Å². The van der Waals surface area contributed by atoms with E-state index in [0.29, 0.717) is 24.3 Å². The van der Waals surface area contributed by atoms with Crippen molar-refractivity contribution in [1.82, 2.24) is 0 Å². The molecule has 1 aromatic carbocycles. The highest BCUT2D eigenvalue weighted by Gasteiger charge is 2.29. The molecule has 5 heteroatoms. The van der Waals surface area contributed by atoms with E-state index in [1.54, 1.807) is 23.1 Å². The lowest BCUT2D eigenvalue weighted by Crippen LogP contribution is -2.24. The molecular weight excluding hydrogens is 250 g/mol. The Morgan fingerprint density at radius 1 is 1.50 bits per heavy atom. The van der Waals surface area contributed by atoms with E-state index < -0.39 is 5.97 Å². The SMILES string of the molecule is O=C(O)Cc1cccc(N2CC(CS)CC2=O)c1. The second-order valence-corrected chi connectivity index (χ2v) is 4.86. The molecule has 96 valence electrons. The summed E-state index contributed by atoms with van der Waals surface area (Å²) < 4.78 is 0. The lowest BCUT2D eigenvalue weighted by Gasteiger charge is -2.17. The van der Waals surface area contributed by atoms with Crippen LogP contribution in [-0.2, 0) is 16.0 Å². The first-order chi connectivity index (χ1) is 8.60. The highest BCUT2D eigenvalue weighted by Crippen LogP contribution is 2.26. The van der Waals surface area contributed by atoms with Crippen LogP contribution >= 0.6 is 12.6 Å². The lowest BCUT2D eigenvalue weighted by atomic mass is 10.1. The van der Waals surface area contributed by atoms with Gasteiger partial charge in [-0.1, -0.05) is 12.1 Å². The summed E-state index contributed by atoms with van der Waals surface area (Å²) in [6, 6.07) is 7.15. The molecule has 4 nitrogen and oxygen atoms in total. The number of carboxylic acid groups (broad SMARTS) is 1. The number of benzene rings is 1. The molecule has 0 aliphatic carbocycles. The Morgan fingerprint density at radius 2 is 2.28 bits per heavy atom. The standard InChI is InChI=1S/C13H15NO3S/c15-12-5-10(8-18)7-14(12)11-3-1-2-9(4-11)6-13(16)17/h1-4,10,18H,5-8H2,(H,16,17). The zero-order valence-corrected chi connectivity index (χ0v) is 10.8. The second kappa shape index (κ2) is 5.44. The van der Waals surface area contributed by atoms with Crippen molar-refractivity contribution in [1.29, 1.82) is 0 Å². The van der Waals surface area contributed by atoms with Crippen molar-refractivity contribution < 1.29 is 14.7 Å². The van der Waals surface area contributed by atoms with Gasteiger partial charge in [0.05, 0.1) is 6.42 Å². The molecule has 1 saturated heterocycles. The molecule has 1 heterocycles. The van der Waals surface area contributed by atoms with E-state index in [2.05, 4.69) is 12.6 Å². The largest absolute Gasteiger partial charge is 0.481 e. The molecule has 0 bridgehead atoms. The number of aliphatic carboxylic acids is 1. The van der Waals surface area contributed by atoms with Gasteiger partial charge in [0.15, 0.2) is 0 Å². The number of rotatable bonds is 4. The number of carbonyl (C=O) groups is 2. The Morgan fingerprint density at radius 3 is 2.89 bits per heavy atom. The topological polar surface area (TPSA) is 57.6 Å².